The fraction of sp³-hybridized carbons (Fsp3) is 0.583. The molecule has 0 radical (unpaired) electrons. The molecule has 1 amide bonds. The van der Waals surface area contributed by atoms with Crippen molar-refractivity contribution in [1.82, 2.24) is 14.9 Å². The van der Waals surface area contributed by atoms with E-state index in [9.17, 15) is 9.90 Å². The topological polar surface area (TPSA) is 76.4 Å². The molecule has 0 atom stereocenters. The zero-order valence-electron chi connectivity index (χ0n) is 19.0. The van der Waals surface area contributed by atoms with Gasteiger partial charge in [-0.1, -0.05) is 33.3 Å². The van der Waals surface area contributed by atoms with Crippen molar-refractivity contribution >= 4 is 5.91 Å². The maximum Gasteiger partial charge on any atom is 0.274 e. The molecule has 0 spiro atoms. The molecule has 1 saturated carbocycles. The number of amides is 1. The van der Waals surface area contributed by atoms with Crippen LogP contribution in [0.1, 0.15) is 74.8 Å². The summed E-state index contributed by atoms with van der Waals surface area (Å²) in [5.41, 5.74) is 0.426. The number of aryl methyl sites for hydroxylation is 2. The summed E-state index contributed by atoms with van der Waals surface area (Å²) in [6.45, 7) is 6.22. The number of nitrogens with zero attached hydrogens (tertiary/aromatic N) is 2. The van der Waals surface area contributed by atoms with Crippen LogP contribution in [-0.2, 0) is 12.8 Å². The fourth-order valence-corrected chi connectivity index (χ4v) is 4.23. The Morgan fingerprint density at radius 3 is 2.68 bits per heavy atom. The van der Waals surface area contributed by atoms with Gasteiger partial charge in [0.1, 0.15) is 11.6 Å². The lowest BCUT2D eigenvalue weighted by Crippen LogP contribution is -2.45. The van der Waals surface area contributed by atoms with E-state index in [1.165, 1.54) is 4.57 Å². The van der Waals surface area contributed by atoms with E-state index >= 15 is 4.39 Å². The van der Waals surface area contributed by atoms with Crippen molar-refractivity contribution in [1.29, 1.82) is 0 Å². The SMILES string of the molecule is CCCc1ccc(-n2c(CC)nc(C(=O)NCC3(O)CCC(C)CC3)c2F)c(OC)c1. The largest absolute Gasteiger partial charge is 0.495 e. The molecule has 0 bridgehead atoms. The number of nitrogens with one attached hydrogen (secondary N) is 1. The number of imidazole rings is 1. The number of hydrogen-bond donors (Lipinski definition) is 2. The van der Waals surface area contributed by atoms with E-state index in [1.54, 1.807) is 13.2 Å². The monoisotopic (exact) mass is 431 g/mol. The molecule has 31 heavy (non-hydrogen) atoms. The lowest BCUT2D eigenvalue weighted by molar-refractivity contribution is -0.00547. The highest BCUT2D eigenvalue weighted by Gasteiger charge is 2.33. The van der Waals surface area contributed by atoms with Crippen LogP contribution in [-0.4, -0.2) is 39.8 Å². The maximum atomic E-state index is 15.4. The second-order valence-electron chi connectivity index (χ2n) is 8.70. The van der Waals surface area contributed by atoms with Crippen LogP contribution < -0.4 is 10.1 Å². The van der Waals surface area contributed by atoms with Crippen molar-refractivity contribution < 1.29 is 19.0 Å². The molecule has 170 valence electrons. The standard InChI is InChI=1S/C24H34FN3O3/c1-5-7-17-8-9-18(19(14-17)31-4)28-20(6-2)27-21(22(28)25)23(29)26-15-24(30)12-10-16(3)11-13-24/h8-9,14,16,30H,5-7,10-13,15H2,1-4H3,(H,26,29). The van der Waals surface area contributed by atoms with Crippen LogP contribution in [0.4, 0.5) is 4.39 Å². The van der Waals surface area contributed by atoms with Gasteiger partial charge >= 0.3 is 0 Å². The van der Waals surface area contributed by atoms with E-state index in [0.29, 0.717) is 42.4 Å². The number of halogens is 1. The first kappa shape index (κ1) is 23.3. The van der Waals surface area contributed by atoms with Crippen molar-refractivity contribution in [3.63, 3.8) is 0 Å². The third-order valence-corrected chi connectivity index (χ3v) is 6.23. The Hall–Kier alpha value is -2.41. The van der Waals surface area contributed by atoms with E-state index < -0.39 is 17.5 Å². The first-order valence-electron chi connectivity index (χ1n) is 11.3. The summed E-state index contributed by atoms with van der Waals surface area (Å²) in [5, 5.41) is 13.4. The second kappa shape index (κ2) is 9.81. The number of methoxy groups -OCH3 is 1. The van der Waals surface area contributed by atoms with E-state index in [1.807, 2.05) is 19.1 Å². The van der Waals surface area contributed by atoms with Crippen LogP contribution in [0.5, 0.6) is 5.75 Å². The summed E-state index contributed by atoms with van der Waals surface area (Å²) in [7, 11) is 1.55. The minimum Gasteiger partial charge on any atom is -0.495 e. The normalized spacial score (nSPS) is 21.2. The molecule has 3 rings (SSSR count). The Morgan fingerprint density at radius 1 is 1.35 bits per heavy atom. The number of carbonyl (C=O) groups is 1. The zero-order chi connectivity index (χ0) is 22.6. The highest BCUT2D eigenvalue weighted by atomic mass is 19.1. The lowest BCUT2D eigenvalue weighted by Gasteiger charge is -2.34. The van der Waals surface area contributed by atoms with Gasteiger partial charge in [0.2, 0.25) is 5.95 Å². The Labute approximate surface area is 183 Å². The fourth-order valence-electron chi connectivity index (χ4n) is 4.23. The first-order chi connectivity index (χ1) is 14.8. The van der Waals surface area contributed by atoms with Crippen LogP contribution in [0, 0.1) is 11.9 Å². The summed E-state index contributed by atoms with van der Waals surface area (Å²) in [4.78, 5) is 17.0. The number of ether oxygens (including phenoxy) is 1. The van der Waals surface area contributed by atoms with Gasteiger partial charge in [-0.25, -0.2) is 4.98 Å². The lowest BCUT2D eigenvalue weighted by atomic mass is 9.79. The Bertz CT molecular complexity index is 917. The van der Waals surface area contributed by atoms with Gasteiger partial charge < -0.3 is 15.2 Å². The van der Waals surface area contributed by atoms with E-state index in [0.717, 1.165) is 31.2 Å². The molecule has 7 heteroatoms. The highest BCUT2D eigenvalue weighted by Crippen LogP contribution is 2.32. The van der Waals surface area contributed by atoms with E-state index in [4.69, 9.17) is 4.74 Å². The minimum atomic E-state index is -0.937. The van der Waals surface area contributed by atoms with Gasteiger partial charge in [-0.15, -0.1) is 0 Å². The molecule has 2 N–H and O–H groups in total. The van der Waals surface area contributed by atoms with Crippen molar-refractivity contribution in [2.24, 2.45) is 5.92 Å². The van der Waals surface area contributed by atoms with Crippen LogP contribution in [0.15, 0.2) is 18.2 Å². The average Bonchev–Trinajstić information content (AvgIpc) is 3.10. The molecule has 1 aliphatic carbocycles. The van der Waals surface area contributed by atoms with Crippen LogP contribution in [0.2, 0.25) is 0 Å². The molecule has 1 aromatic carbocycles. The number of carbonyl (C=O) groups excluding carboxylic acids is 1. The maximum absolute atomic E-state index is 15.4. The predicted molar refractivity (Wildman–Crippen MR) is 118 cm³/mol. The van der Waals surface area contributed by atoms with Gasteiger partial charge in [-0.2, -0.15) is 4.39 Å². The summed E-state index contributed by atoms with van der Waals surface area (Å²) in [5.74, 6) is 0.221. The summed E-state index contributed by atoms with van der Waals surface area (Å²) in [6.07, 6.45) is 5.45. The molecule has 2 aromatic rings. The van der Waals surface area contributed by atoms with Gasteiger partial charge in [0.25, 0.3) is 5.91 Å². The van der Waals surface area contributed by atoms with Crippen molar-refractivity contribution in [2.45, 2.75) is 71.3 Å². The molecule has 0 aliphatic heterocycles. The number of aliphatic hydroxyl groups is 1. The molecule has 1 aromatic heterocycles. The Balaban J connectivity index is 1.85. The predicted octanol–water partition coefficient (Wildman–Crippen LogP) is 4.21. The molecule has 0 unspecified atom stereocenters. The summed E-state index contributed by atoms with van der Waals surface area (Å²) >= 11 is 0. The van der Waals surface area contributed by atoms with Gasteiger partial charge in [0.05, 0.1) is 18.4 Å². The zero-order valence-corrected chi connectivity index (χ0v) is 19.0. The first-order valence-corrected chi connectivity index (χ1v) is 11.3. The number of aromatic nitrogens is 2. The van der Waals surface area contributed by atoms with Crippen molar-refractivity contribution in [3.8, 4) is 11.4 Å². The van der Waals surface area contributed by atoms with Crippen molar-refractivity contribution in [3.05, 3.63) is 41.2 Å². The number of benzene rings is 1. The second-order valence-corrected chi connectivity index (χ2v) is 8.70. The third kappa shape index (κ3) is 5.09. The van der Waals surface area contributed by atoms with Crippen molar-refractivity contribution in [2.75, 3.05) is 13.7 Å². The summed E-state index contributed by atoms with van der Waals surface area (Å²) in [6, 6.07) is 5.65. The van der Waals surface area contributed by atoms with E-state index in [2.05, 4.69) is 24.1 Å². The highest BCUT2D eigenvalue weighted by molar-refractivity contribution is 5.92. The molecular formula is C24H34FN3O3. The minimum absolute atomic E-state index is 0.0986. The summed E-state index contributed by atoms with van der Waals surface area (Å²) < 4.78 is 22.3. The molecule has 1 aliphatic rings. The van der Waals surface area contributed by atoms with Gasteiger partial charge in [-0.05, 0) is 55.7 Å². The molecule has 6 nitrogen and oxygen atoms in total. The molecule has 0 saturated heterocycles. The van der Waals surface area contributed by atoms with Gasteiger partial charge in [-0.3, -0.25) is 9.36 Å². The molecule has 1 fully saturated rings. The van der Waals surface area contributed by atoms with Crippen LogP contribution in [0.25, 0.3) is 5.69 Å². The smallest absolute Gasteiger partial charge is 0.274 e. The number of rotatable bonds is 8. The van der Waals surface area contributed by atoms with E-state index in [-0.39, 0.29) is 12.2 Å². The van der Waals surface area contributed by atoms with Gasteiger partial charge in [0, 0.05) is 13.0 Å². The van der Waals surface area contributed by atoms with Gasteiger partial charge in [0.15, 0.2) is 5.69 Å². The van der Waals surface area contributed by atoms with Crippen LogP contribution >= 0.6 is 0 Å². The molecular weight excluding hydrogens is 397 g/mol. The Morgan fingerprint density at radius 2 is 2.06 bits per heavy atom. The average molecular weight is 432 g/mol. The number of hydrogen-bond acceptors (Lipinski definition) is 4. The Kier molecular flexibility index (Phi) is 7.36. The quantitative estimate of drug-likeness (QED) is 0.657. The molecule has 1 heterocycles. The third-order valence-electron chi connectivity index (χ3n) is 6.23. The van der Waals surface area contributed by atoms with Crippen LogP contribution in [0.3, 0.4) is 0 Å².